The van der Waals surface area contributed by atoms with Crippen molar-refractivity contribution in [3.8, 4) is 6.07 Å². The Hall–Kier alpha value is -4.68. The minimum absolute atomic E-state index is 0.150. The summed E-state index contributed by atoms with van der Waals surface area (Å²) >= 11 is 0. The Kier molecular flexibility index (Phi) is 6.46. The second-order valence-corrected chi connectivity index (χ2v) is 10.0. The molecular weight excluding hydrogens is 464 g/mol. The highest BCUT2D eigenvalue weighted by molar-refractivity contribution is 5.92. The SMILES string of the molecule is N#C/C(C=O)=C/c1ccc2c(c1)C1CCCC1N2c1ccc(C=C(c2ccccc2)c2ccccc2)cc1. The van der Waals surface area contributed by atoms with E-state index in [9.17, 15) is 4.79 Å². The Balaban J connectivity index is 1.35. The second kappa shape index (κ2) is 10.4. The molecule has 1 fully saturated rings. The van der Waals surface area contributed by atoms with Crippen LogP contribution in [0.15, 0.2) is 109 Å². The molecule has 0 bridgehead atoms. The van der Waals surface area contributed by atoms with Crippen molar-refractivity contribution >= 4 is 35.4 Å². The number of aldehydes is 1. The average molecular weight is 493 g/mol. The molecule has 4 aromatic carbocycles. The van der Waals surface area contributed by atoms with Crippen LogP contribution in [0.25, 0.3) is 17.7 Å². The molecule has 2 atom stereocenters. The molecule has 184 valence electrons. The van der Waals surface area contributed by atoms with Crippen LogP contribution in [0.2, 0.25) is 0 Å². The maximum atomic E-state index is 11.1. The summed E-state index contributed by atoms with van der Waals surface area (Å²) in [4.78, 5) is 13.6. The first kappa shape index (κ1) is 23.7. The first-order chi connectivity index (χ1) is 18.7. The van der Waals surface area contributed by atoms with Gasteiger partial charge in [-0.2, -0.15) is 5.26 Å². The third-order valence-electron chi connectivity index (χ3n) is 7.75. The molecule has 0 radical (unpaired) electrons. The van der Waals surface area contributed by atoms with Gasteiger partial charge in [0.05, 0.1) is 5.57 Å². The van der Waals surface area contributed by atoms with Gasteiger partial charge in [0.1, 0.15) is 6.07 Å². The van der Waals surface area contributed by atoms with Gasteiger partial charge in [-0.1, -0.05) is 85.3 Å². The normalized spacial score (nSPS) is 17.9. The number of carbonyl (C=O) groups is 1. The molecule has 2 aliphatic rings. The number of rotatable bonds is 6. The fourth-order valence-corrected chi connectivity index (χ4v) is 6.04. The van der Waals surface area contributed by atoms with Crippen molar-refractivity contribution in [2.45, 2.75) is 31.2 Å². The Morgan fingerprint density at radius 2 is 1.45 bits per heavy atom. The lowest BCUT2D eigenvalue weighted by molar-refractivity contribution is -0.104. The van der Waals surface area contributed by atoms with Crippen molar-refractivity contribution in [3.63, 3.8) is 0 Å². The predicted octanol–water partition coefficient (Wildman–Crippen LogP) is 8.17. The van der Waals surface area contributed by atoms with Crippen molar-refractivity contribution in [1.82, 2.24) is 0 Å². The van der Waals surface area contributed by atoms with E-state index in [2.05, 4.69) is 108 Å². The van der Waals surface area contributed by atoms with Crippen molar-refractivity contribution in [3.05, 3.63) is 137 Å². The number of hydrogen-bond acceptors (Lipinski definition) is 3. The smallest absolute Gasteiger partial charge is 0.160 e. The summed E-state index contributed by atoms with van der Waals surface area (Å²) in [6.07, 6.45) is 8.10. The first-order valence-corrected chi connectivity index (χ1v) is 13.2. The van der Waals surface area contributed by atoms with Crippen molar-refractivity contribution in [2.75, 3.05) is 4.90 Å². The minimum Gasteiger partial charge on any atom is -0.338 e. The second-order valence-electron chi connectivity index (χ2n) is 10.0. The lowest BCUT2D eigenvalue weighted by Gasteiger charge is -2.27. The summed E-state index contributed by atoms with van der Waals surface area (Å²) in [6.45, 7) is 0. The fourth-order valence-electron chi connectivity index (χ4n) is 6.04. The van der Waals surface area contributed by atoms with Crippen LogP contribution < -0.4 is 4.90 Å². The maximum absolute atomic E-state index is 11.1. The topological polar surface area (TPSA) is 44.1 Å². The van der Waals surface area contributed by atoms with Crippen molar-refractivity contribution in [2.24, 2.45) is 0 Å². The molecule has 38 heavy (non-hydrogen) atoms. The van der Waals surface area contributed by atoms with Gasteiger partial charge < -0.3 is 4.90 Å². The summed E-state index contributed by atoms with van der Waals surface area (Å²) in [7, 11) is 0. The van der Waals surface area contributed by atoms with Crippen LogP contribution in [-0.4, -0.2) is 12.3 Å². The fraction of sp³-hybridized carbons (Fsp3) is 0.143. The summed E-state index contributed by atoms with van der Waals surface area (Å²) < 4.78 is 0. The number of carbonyl (C=O) groups excluding carboxylic acids is 1. The molecule has 1 saturated carbocycles. The number of allylic oxidation sites excluding steroid dienone is 1. The highest BCUT2D eigenvalue weighted by Crippen LogP contribution is 2.52. The Morgan fingerprint density at radius 3 is 2.08 bits per heavy atom. The van der Waals surface area contributed by atoms with E-state index in [4.69, 9.17) is 5.26 Å². The minimum atomic E-state index is 0.150. The number of hydrogen-bond donors (Lipinski definition) is 0. The van der Waals surface area contributed by atoms with Crippen LogP contribution >= 0.6 is 0 Å². The molecule has 0 aromatic heterocycles. The van der Waals surface area contributed by atoms with E-state index in [-0.39, 0.29) is 5.57 Å². The van der Waals surface area contributed by atoms with E-state index in [0.717, 1.165) is 17.5 Å². The quantitative estimate of drug-likeness (QED) is 0.118. The van der Waals surface area contributed by atoms with Crippen LogP contribution in [0.3, 0.4) is 0 Å². The monoisotopic (exact) mass is 492 g/mol. The van der Waals surface area contributed by atoms with Crippen LogP contribution in [-0.2, 0) is 4.79 Å². The van der Waals surface area contributed by atoms with Gasteiger partial charge in [0.15, 0.2) is 6.29 Å². The van der Waals surface area contributed by atoms with E-state index >= 15 is 0 Å². The molecule has 0 spiro atoms. The van der Waals surface area contributed by atoms with Gasteiger partial charge in [-0.25, -0.2) is 0 Å². The number of anilines is 2. The maximum Gasteiger partial charge on any atom is 0.160 e. The lowest BCUT2D eigenvalue weighted by atomic mass is 9.95. The van der Waals surface area contributed by atoms with Crippen LogP contribution in [0.1, 0.15) is 53.0 Å². The van der Waals surface area contributed by atoms with E-state index in [0.29, 0.717) is 18.2 Å². The third-order valence-corrected chi connectivity index (χ3v) is 7.75. The highest BCUT2D eigenvalue weighted by Gasteiger charge is 2.42. The molecule has 3 heteroatoms. The first-order valence-electron chi connectivity index (χ1n) is 13.2. The molecule has 1 heterocycles. The van der Waals surface area contributed by atoms with E-state index in [1.54, 1.807) is 6.08 Å². The van der Waals surface area contributed by atoms with Crippen LogP contribution in [0, 0.1) is 11.3 Å². The number of benzene rings is 4. The third kappa shape index (κ3) is 4.46. The largest absolute Gasteiger partial charge is 0.338 e. The van der Waals surface area contributed by atoms with E-state index in [1.807, 2.05) is 12.1 Å². The standard InChI is InChI=1S/C35H28N2O/c36-23-27(24-38)20-26-16-19-35-33(22-26)31-12-7-13-34(31)37(35)30-17-14-25(15-18-30)21-32(28-8-3-1-4-9-28)29-10-5-2-6-11-29/h1-6,8-11,14-22,24,31,34H,7,12-13H2/b27-20-. The predicted molar refractivity (Wildman–Crippen MR) is 155 cm³/mol. The van der Waals surface area contributed by atoms with E-state index in [1.165, 1.54) is 46.5 Å². The number of nitriles is 1. The molecule has 0 N–H and O–H groups in total. The Labute approximate surface area is 224 Å². The summed E-state index contributed by atoms with van der Waals surface area (Å²) in [5, 5.41) is 9.17. The highest BCUT2D eigenvalue weighted by atomic mass is 16.1. The molecule has 4 aromatic rings. The van der Waals surface area contributed by atoms with Gasteiger partial charge >= 0.3 is 0 Å². The molecule has 0 saturated heterocycles. The molecule has 6 rings (SSSR count). The molecule has 3 nitrogen and oxygen atoms in total. The average Bonchev–Trinajstić information content (AvgIpc) is 3.57. The van der Waals surface area contributed by atoms with Gasteiger partial charge in [-0.15, -0.1) is 0 Å². The number of fused-ring (bicyclic) bond motifs is 3. The van der Waals surface area contributed by atoms with Crippen LogP contribution in [0.5, 0.6) is 0 Å². The summed E-state index contributed by atoms with van der Waals surface area (Å²) in [5.74, 6) is 0.474. The Bertz CT molecular complexity index is 1520. The van der Waals surface area contributed by atoms with Gasteiger partial charge in [0, 0.05) is 23.3 Å². The number of nitrogens with zero attached hydrogens (tertiary/aromatic N) is 2. The van der Waals surface area contributed by atoms with Crippen molar-refractivity contribution in [1.29, 1.82) is 5.26 Å². The summed E-state index contributed by atoms with van der Waals surface area (Å²) in [6, 6.07) is 38.7. The van der Waals surface area contributed by atoms with Crippen LogP contribution in [0.4, 0.5) is 11.4 Å². The molecule has 0 amide bonds. The van der Waals surface area contributed by atoms with Gasteiger partial charge in [0.2, 0.25) is 0 Å². The molecule has 1 aliphatic heterocycles. The zero-order chi connectivity index (χ0) is 25.9. The Morgan fingerprint density at radius 1 is 0.789 bits per heavy atom. The van der Waals surface area contributed by atoms with E-state index < -0.39 is 0 Å². The molecular formula is C35H28N2O. The zero-order valence-corrected chi connectivity index (χ0v) is 21.1. The van der Waals surface area contributed by atoms with Gasteiger partial charge in [0.25, 0.3) is 0 Å². The van der Waals surface area contributed by atoms with Gasteiger partial charge in [-0.3, -0.25) is 4.79 Å². The van der Waals surface area contributed by atoms with Crippen molar-refractivity contribution < 1.29 is 4.79 Å². The molecule has 1 aliphatic carbocycles. The lowest BCUT2D eigenvalue weighted by Crippen LogP contribution is -2.26. The zero-order valence-electron chi connectivity index (χ0n) is 21.1. The molecule has 2 unspecified atom stereocenters. The van der Waals surface area contributed by atoms with Gasteiger partial charge in [-0.05, 0) is 82.6 Å². The summed E-state index contributed by atoms with van der Waals surface area (Å²) in [5.41, 5.74) is 9.58.